The number of likely N-dealkylation sites (N-methyl/N-ethyl adjacent to an activating group) is 1. The number of hydrogen-bond donors (Lipinski definition) is 1. The summed E-state index contributed by atoms with van der Waals surface area (Å²) < 4.78 is 37.8. The molecule has 2 atom stereocenters. The molecule has 0 bridgehead atoms. The minimum Gasteiger partial charge on any atom is -0.337 e. The van der Waals surface area contributed by atoms with Crippen LogP contribution in [0.25, 0.3) is 0 Å². The molecule has 1 aliphatic rings. The van der Waals surface area contributed by atoms with Gasteiger partial charge in [-0.05, 0) is 17.7 Å². The summed E-state index contributed by atoms with van der Waals surface area (Å²) in [7, 11) is 1.56. The highest BCUT2D eigenvalue weighted by Crippen LogP contribution is 2.35. The number of hydrogen-bond acceptors (Lipinski definition) is 2. The summed E-state index contributed by atoms with van der Waals surface area (Å²) in [5.74, 6) is -0.148. The van der Waals surface area contributed by atoms with E-state index in [9.17, 15) is 18.0 Å². The second kappa shape index (κ2) is 4.28. The molecule has 3 nitrogen and oxygen atoms in total. The molecule has 98 valence electrons. The number of nitrogens with two attached hydrogens (primary N) is 1. The van der Waals surface area contributed by atoms with Crippen molar-refractivity contribution in [1.82, 2.24) is 4.90 Å². The van der Waals surface area contributed by atoms with Crippen LogP contribution in [0.1, 0.15) is 23.6 Å². The number of likely N-dealkylation sites (tertiary alicyclic amines) is 1. The van der Waals surface area contributed by atoms with Gasteiger partial charge in [-0.3, -0.25) is 4.79 Å². The number of halogens is 3. The molecule has 1 aliphatic heterocycles. The van der Waals surface area contributed by atoms with Crippen LogP contribution >= 0.6 is 0 Å². The maximum atomic E-state index is 12.6. The van der Waals surface area contributed by atoms with Gasteiger partial charge in [0.25, 0.3) is 0 Å². The van der Waals surface area contributed by atoms with E-state index in [2.05, 4.69) is 0 Å². The zero-order valence-corrected chi connectivity index (χ0v) is 9.74. The van der Waals surface area contributed by atoms with Crippen LogP contribution in [0.15, 0.2) is 24.3 Å². The summed E-state index contributed by atoms with van der Waals surface area (Å²) in [6.07, 6.45) is -4.22. The van der Waals surface area contributed by atoms with Crippen molar-refractivity contribution in [3.05, 3.63) is 35.4 Å². The number of nitrogens with zero attached hydrogens (tertiary/aromatic N) is 1. The quantitative estimate of drug-likeness (QED) is 0.836. The molecule has 0 spiro atoms. The van der Waals surface area contributed by atoms with Gasteiger partial charge < -0.3 is 10.6 Å². The first kappa shape index (κ1) is 12.9. The Bertz CT molecular complexity index is 473. The zero-order valence-electron chi connectivity index (χ0n) is 9.74. The van der Waals surface area contributed by atoms with Gasteiger partial charge in [0.1, 0.15) is 0 Å². The Kier molecular flexibility index (Phi) is 3.06. The fourth-order valence-electron chi connectivity index (χ4n) is 2.27. The van der Waals surface area contributed by atoms with Crippen LogP contribution in [0.3, 0.4) is 0 Å². The van der Waals surface area contributed by atoms with Crippen molar-refractivity contribution < 1.29 is 18.0 Å². The highest BCUT2D eigenvalue weighted by Gasteiger charge is 2.37. The summed E-state index contributed by atoms with van der Waals surface area (Å²) in [6, 6.07) is 4.01. The number of carbonyl (C=O) groups excluding carboxylic acids is 1. The molecule has 1 amide bonds. The lowest BCUT2D eigenvalue weighted by Gasteiger charge is -2.24. The van der Waals surface area contributed by atoms with E-state index >= 15 is 0 Å². The van der Waals surface area contributed by atoms with Gasteiger partial charge in [0.2, 0.25) is 5.91 Å². The van der Waals surface area contributed by atoms with Gasteiger partial charge in [0.15, 0.2) is 0 Å². The van der Waals surface area contributed by atoms with Crippen LogP contribution in [0.2, 0.25) is 0 Å². The fourth-order valence-corrected chi connectivity index (χ4v) is 2.27. The minimum absolute atomic E-state index is 0.148. The monoisotopic (exact) mass is 258 g/mol. The Morgan fingerprint density at radius 3 is 2.56 bits per heavy atom. The number of rotatable bonds is 1. The first-order valence-electron chi connectivity index (χ1n) is 5.49. The van der Waals surface area contributed by atoms with Gasteiger partial charge in [-0.2, -0.15) is 13.2 Å². The Morgan fingerprint density at radius 2 is 2.06 bits per heavy atom. The van der Waals surface area contributed by atoms with Gasteiger partial charge in [-0.1, -0.05) is 12.1 Å². The molecule has 0 aromatic heterocycles. The first-order valence-corrected chi connectivity index (χ1v) is 5.49. The molecule has 2 rings (SSSR count). The molecule has 0 radical (unpaired) electrons. The summed E-state index contributed by atoms with van der Waals surface area (Å²) in [4.78, 5) is 12.9. The van der Waals surface area contributed by atoms with Crippen LogP contribution < -0.4 is 5.73 Å². The van der Waals surface area contributed by atoms with E-state index in [0.717, 1.165) is 12.1 Å². The third-order valence-electron chi connectivity index (χ3n) is 3.18. The second-order valence-electron chi connectivity index (χ2n) is 4.44. The lowest BCUT2D eigenvalue weighted by atomic mass is 9.99. The standard InChI is InChI=1S/C12H13F3N2O/c1-17-10(18)6-9(16)11(17)7-3-2-4-8(5-7)12(13,14)15/h2-5,9,11H,6,16H2,1H3. The van der Waals surface area contributed by atoms with E-state index in [0.29, 0.717) is 5.56 Å². The van der Waals surface area contributed by atoms with Crippen molar-refractivity contribution in [2.45, 2.75) is 24.7 Å². The molecule has 1 aromatic rings. The van der Waals surface area contributed by atoms with Crippen molar-refractivity contribution in [3.8, 4) is 0 Å². The van der Waals surface area contributed by atoms with Crippen molar-refractivity contribution in [2.24, 2.45) is 5.73 Å². The molecule has 2 N–H and O–H groups in total. The molecule has 1 heterocycles. The summed E-state index contributed by atoms with van der Waals surface area (Å²) in [5.41, 5.74) is 5.51. The number of benzene rings is 1. The van der Waals surface area contributed by atoms with Crippen molar-refractivity contribution in [1.29, 1.82) is 0 Å². The molecule has 18 heavy (non-hydrogen) atoms. The predicted octanol–water partition coefficient (Wildman–Crippen LogP) is 1.94. The zero-order chi connectivity index (χ0) is 13.5. The third-order valence-corrected chi connectivity index (χ3v) is 3.18. The molecule has 1 aromatic carbocycles. The van der Waals surface area contributed by atoms with Crippen LogP contribution in [0.5, 0.6) is 0 Å². The minimum atomic E-state index is -4.39. The Labute approximate surface area is 102 Å². The number of alkyl halides is 3. The average Bonchev–Trinajstić information content (AvgIpc) is 2.52. The number of amides is 1. The average molecular weight is 258 g/mol. The smallest absolute Gasteiger partial charge is 0.337 e. The summed E-state index contributed by atoms with van der Waals surface area (Å²) in [5, 5.41) is 0. The van der Waals surface area contributed by atoms with E-state index in [1.165, 1.54) is 11.0 Å². The molecular weight excluding hydrogens is 245 g/mol. The SMILES string of the molecule is CN1C(=O)CC(N)C1c1cccc(C(F)(F)F)c1. The molecule has 2 unspecified atom stereocenters. The molecule has 1 fully saturated rings. The Hall–Kier alpha value is -1.56. The van der Waals surface area contributed by atoms with E-state index in [1.807, 2.05) is 0 Å². The first-order chi connectivity index (χ1) is 8.30. The third kappa shape index (κ3) is 2.20. The maximum Gasteiger partial charge on any atom is 0.416 e. The normalized spacial score (nSPS) is 24.7. The van der Waals surface area contributed by atoms with E-state index in [-0.39, 0.29) is 12.3 Å². The van der Waals surface area contributed by atoms with Crippen molar-refractivity contribution >= 4 is 5.91 Å². The predicted molar refractivity (Wildman–Crippen MR) is 59.5 cm³/mol. The summed E-state index contributed by atoms with van der Waals surface area (Å²) in [6.45, 7) is 0. The van der Waals surface area contributed by atoms with E-state index in [4.69, 9.17) is 5.73 Å². The van der Waals surface area contributed by atoms with E-state index in [1.54, 1.807) is 13.1 Å². The second-order valence-corrected chi connectivity index (χ2v) is 4.44. The fraction of sp³-hybridized carbons (Fsp3) is 0.417. The largest absolute Gasteiger partial charge is 0.416 e. The number of carbonyl (C=O) groups is 1. The highest BCUT2D eigenvalue weighted by molar-refractivity contribution is 5.80. The van der Waals surface area contributed by atoms with E-state index < -0.39 is 23.8 Å². The van der Waals surface area contributed by atoms with Gasteiger partial charge >= 0.3 is 6.18 Å². The highest BCUT2D eigenvalue weighted by atomic mass is 19.4. The maximum absolute atomic E-state index is 12.6. The molecule has 1 saturated heterocycles. The lowest BCUT2D eigenvalue weighted by molar-refractivity contribution is -0.137. The van der Waals surface area contributed by atoms with Crippen molar-refractivity contribution in [3.63, 3.8) is 0 Å². The van der Waals surface area contributed by atoms with Gasteiger partial charge in [-0.25, -0.2) is 0 Å². The lowest BCUT2D eigenvalue weighted by Crippen LogP contribution is -2.30. The van der Waals surface area contributed by atoms with Crippen LogP contribution in [-0.4, -0.2) is 23.9 Å². The van der Waals surface area contributed by atoms with Gasteiger partial charge in [0.05, 0.1) is 11.6 Å². The van der Waals surface area contributed by atoms with Crippen molar-refractivity contribution in [2.75, 3.05) is 7.05 Å². The Morgan fingerprint density at radius 1 is 1.39 bits per heavy atom. The van der Waals surface area contributed by atoms with Gasteiger partial charge in [0, 0.05) is 19.5 Å². The molecule has 0 aliphatic carbocycles. The molecule has 0 saturated carbocycles. The summed E-state index contributed by atoms with van der Waals surface area (Å²) >= 11 is 0. The van der Waals surface area contributed by atoms with Crippen LogP contribution in [0, 0.1) is 0 Å². The van der Waals surface area contributed by atoms with Gasteiger partial charge in [-0.15, -0.1) is 0 Å². The topological polar surface area (TPSA) is 46.3 Å². The van der Waals surface area contributed by atoms with Crippen LogP contribution in [0.4, 0.5) is 13.2 Å². The molecule has 6 heteroatoms. The van der Waals surface area contributed by atoms with Crippen LogP contribution in [-0.2, 0) is 11.0 Å². The molecular formula is C12H13F3N2O. The Balaban J connectivity index is 2.37.